The van der Waals surface area contributed by atoms with Gasteiger partial charge in [-0.25, -0.2) is 0 Å². The Bertz CT molecular complexity index is 112. The van der Waals surface area contributed by atoms with Gasteiger partial charge in [-0.1, -0.05) is 6.08 Å². The summed E-state index contributed by atoms with van der Waals surface area (Å²) in [5, 5.41) is 0. The fourth-order valence-electron chi connectivity index (χ4n) is 1.44. The Labute approximate surface area is 63.1 Å². The number of hydrogen-bond donors (Lipinski definition) is 0. The van der Waals surface area contributed by atoms with Gasteiger partial charge in [-0.15, -0.1) is 6.58 Å². The highest BCUT2D eigenvalue weighted by atomic mass is 16.5. The van der Waals surface area contributed by atoms with Crippen LogP contribution in [0.15, 0.2) is 12.7 Å². The average molecular weight is 140 g/mol. The fraction of sp³-hybridized carbons (Fsp3) is 0.778. The Kier molecular flexibility index (Phi) is 2.50. The molecule has 0 aromatic rings. The van der Waals surface area contributed by atoms with Gasteiger partial charge >= 0.3 is 0 Å². The van der Waals surface area contributed by atoms with Crippen LogP contribution in [0.1, 0.15) is 32.6 Å². The Morgan fingerprint density at radius 2 is 2.50 bits per heavy atom. The molecule has 1 aliphatic heterocycles. The van der Waals surface area contributed by atoms with Crippen LogP contribution in [-0.2, 0) is 4.74 Å². The molecule has 1 rings (SSSR count). The van der Waals surface area contributed by atoms with Crippen LogP contribution < -0.4 is 0 Å². The molecule has 0 aromatic carbocycles. The van der Waals surface area contributed by atoms with E-state index in [1.54, 1.807) is 0 Å². The van der Waals surface area contributed by atoms with Crippen molar-refractivity contribution in [2.75, 3.05) is 6.61 Å². The molecule has 0 aromatic heterocycles. The van der Waals surface area contributed by atoms with E-state index in [4.69, 9.17) is 4.74 Å². The van der Waals surface area contributed by atoms with Crippen LogP contribution in [0.3, 0.4) is 0 Å². The second-order valence-corrected chi connectivity index (χ2v) is 3.23. The largest absolute Gasteiger partial charge is 0.375 e. The van der Waals surface area contributed by atoms with E-state index in [-0.39, 0.29) is 5.60 Å². The van der Waals surface area contributed by atoms with Crippen LogP contribution in [-0.4, -0.2) is 12.2 Å². The van der Waals surface area contributed by atoms with Crippen molar-refractivity contribution in [1.82, 2.24) is 0 Å². The molecule has 0 bridgehead atoms. The Balaban J connectivity index is 2.28. The van der Waals surface area contributed by atoms with Crippen molar-refractivity contribution in [2.24, 2.45) is 0 Å². The van der Waals surface area contributed by atoms with Gasteiger partial charge in [0.15, 0.2) is 0 Å². The first-order chi connectivity index (χ1) is 4.77. The summed E-state index contributed by atoms with van der Waals surface area (Å²) in [7, 11) is 0. The van der Waals surface area contributed by atoms with Gasteiger partial charge in [-0.2, -0.15) is 0 Å². The molecule has 1 heteroatoms. The molecule has 1 unspecified atom stereocenters. The molecular weight excluding hydrogens is 124 g/mol. The van der Waals surface area contributed by atoms with Crippen LogP contribution in [0, 0.1) is 0 Å². The molecule has 0 N–H and O–H groups in total. The summed E-state index contributed by atoms with van der Waals surface area (Å²) in [5.74, 6) is 0. The van der Waals surface area contributed by atoms with Gasteiger partial charge in [-0.05, 0) is 32.6 Å². The SMILES string of the molecule is C=CCCC1(C)CCCO1. The van der Waals surface area contributed by atoms with E-state index in [0.717, 1.165) is 19.4 Å². The summed E-state index contributed by atoms with van der Waals surface area (Å²) in [5.41, 5.74) is 0.175. The maximum absolute atomic E-state index is 5.59. The summed E-state index contributed by atoms with van der Waals surface area (Å²) >= 11 is 0. The first-order valence-corrected chi connectivity index (χ1v) is 4.02. The third-order valence-electron chi connectivity index (χ3n) is 2.18. The Morgan fingerprint density at radius 3 is 3.00 bits per heavy atom. The molecule has 0 amide bonds. The lowest BCUT2D eigenvalue weighted by Crippen LogP contribution is -2.21. The van der Waals surface area contributed by atoms with Crippen molar-refractivity contribution in [3.05, 3.63) is 12.7 Å². The van der Waals surface area contributed by atoms with Gasteiger partial charge in [0.25, 0.3) is 0 Å². The molecule has 10 heavy (non-hydrogen) atoms. The second-order valence-electron chi connectivity index (χ2n) is 3.23. The summed E-state index contributed by atoms with van der Waals surface area (Å²) < 4.78 is 5.59. The lowest BCUT2D eigenvalue weighted by atomic mass is 9.97. The highest BCUT2D eigenvalue weighted by Crippen LogP contribution is 2.29. The maximum atomic E-state index is 5.59. The standard InChI is InChI=1S/C9H16O/c1-3-4-6-9(2)7-5-8-10-9/h3H,1,4-8H2,2H3. The minimum Gasteiger partial charge on any atom is -0.375 e. The van der Waals surface area contributed by atoms with Crippen molar-refractivity contribution < 1.29 is 4.74 Å². The number of ether oxygens (including phenoxy) is 1. The quantitative estimate of drug-likeness (QED) is 0.547. The zero-order valence-electron chi connectivity index (χ0n) is 6.73. The van der Waals surface area contributed by atoms with Crippen molar-refractivity contribution in [2.45, 2.75) is 38.2 Å². The molecule has 58 valence electrons. The van der Waals surface area contributed by atoms with Gasteiger partial charge in [0.2, 0.25) is 0 Å². The van der Waals surface area contributed by atoms with E-state index in [1.165, 1.54) is 12.8 Å². The van der Waals surface area contributed by atoms with Crippen molar-refractivity contribution >= 4 is 0 Å². The van der Waals surface area contributed by atoms with E-state index in [9.17, 15) is 0 Å². The molecule has 0 spiro atoms. The third-order valence-corrected chi connectivity index (χ3v) is 2.18. The first-order valence-electron chi connectivity index (χ1n) is 4.02. The molecule has 1 fully saturated rings. The van der Waals surface area contributed by atoms with Crippen LogP contribution >= 0.6 is 0 Å². The second kappa shape index (κ2) is 3.20. The van der Waals surface area contributed by atoms with E-state index in [1.807, 2.05) is 6.08 Å². The number of rotatable bonds is 3. The minimum atomic E-state index is 0.175. The molecule has 1 heterocycles. The highest BCUT2D eigenvalue weighted by Gasteiger charge is 2.28. The molecule has 1 aliphatic rings. The van der Waals surface area contributed by atoms with E-state index in [2.05, 4.69) is 13.5 Å². The molecule has 1 atom stereocenters. The summed E-state index contributed by atoms with van der Waals surface area (Å²) in [4.78, 5) is 0. The predicted octanol–water partition coefficient (Wildman–Crippen LogP) is 2.52. The Hall–Kier alpha value is -0.300. The lowest BCUT2D eigenvalue weighted by molar-refractivity contribution is 0.0142. The van der Waals surface area contributed by atoms with Crippen molar-refractivity contribution in [1.29, 1.82) is 0 Å². The predicted molar refractivity (Wildman–Crippen MR) is 43.0 cm³/mol. The normalized spacial score (nSPS) is 32.5. The fourth-order valence-corrected chi connectivity index (χ4v) is 1.44. The van der Waals surface area contributed by atoms with Gasteiger partial charge < -0.3 is 4.74 Å². The van der Waals surface area contributed by atoms with Gasteiger partial charge in [0, 0.05) is 6.61 Å². The van der Waals surface area contributed by atoms with Crippen molar-refractivity contribution in [3.8, 4) is 0 Å². The van der Waals surface area contributed by atoms with Gasteiger partial charge in [0.05, 0.1) is 5.60 Å². The zero-order chi connectivity index (χ0) is 7.45. The number of hydrogen-bond acceptors (Lipinski definition) is 1. The maximum Gasteiger partial charge on any atom is 0.0658 e. The van der Waals surface area contributed by atoms with Crippen LogP contribution in [0.4, 0.5) is 0 Å². The van der Waals surface area contributed by atoms with E-state index >= 15 is 0 Å². The minimum absolute atomic E-state index is 0.175. The number of allylic oxidation sites excluding steroid dienone is 1. The first kappa shape index (κ1) is 7.80. The molecule has 0 radical (unpaired) electrons. The molecule has 0 saturated carbocycles. The lowest BCUT2D eigenvalue weighted by Gasteiger charge is -2.21. The molecule has 1 nitrogen and oxygen atoms in total. The smallest absolute Gasteiger partial charge is 0.0658 e. The average Bonchev–Trinajstić information content (AvgIpc) is 2.33. The topological polar surface area (TPSA) is 9.23 Å². The van der Waals surface area contributed by atoms with Crippen molar-refractivity contribution in [3.63, 3.8) is 0 Å². The molecule has 0 aliphatic carbocycles. The monoisotopic (exact) mass is 140 g/mol. The molecular formula is C9H16O. The zero-order valence-corrected chi connectivity index (χ0v) is 6.73. The van der Waals surface area contributed by atoms with Gasteiger partial charge in [-0.3, -0.25) is 0 Å². The Morgan fingerprint density at radius 1 is 1.70 bits per heavy atom. The van der Waals surface area contributed by atoms with Crippen LogP contribution in [0.5, 0.6) is 0 Å². The van der Waals surface area contributed by atoms with Crippen LogP contribution in [0.25, 0.3) is 0 Å². The van der Waals surface area contributed by atoms with Gasteiger partial charge in [0.1, 0.15) is 0 Å². The summed E-state index contributed by atoms with van der Waals surface area (Å²) in [6, 6.07) is 0. The molecule has 1 saturated heterocycles. The summed E-state index contributed by atoms with van der Waals surface area (Å²) in [6.45, 7) is 6.85. The third kappa shape index (κ3) is 1.84. The summed E-state index contributed by atoms with van der Waals surface area (Å²) in [6.07, 6.45) is 6.63. The van der Waals surface area contributed by atoms with E-state index < -0.39 is 0 Å². The van der Waals surface area contributed by atoms with E-state index in [0.29, 0.717) is 0 Å². The highest BCUT2D eigenvalue weighted by molar-refractivity contribution is 4.83. The van der Waals surface area contributed by atoms with Crippen LogP contribution in [0.2, 0.25) is 0 Å².